The molecule has 0 bridgehead atoms. The average molecular weight is 341 g/mol. The third kappa shape index (κ3) is 4.15. The molecule has 0 saturated carbocycles. The summed E-state index contributed by atoms with van der Waals surface area (Å²) in [5, 5.41) is 14.1. The molecule has 25 heavy (non-hydrogen) atoms. The number of nitrogens with two attached hydrogens (primary N) is 1. The van der Waals surface area contributed by atoms with Crippen LogP contribution < -0.4 is 11.1 Å². The molecular formula is C19H23N3O3. The lowest BCUT2D eigenvalue weighted by Gasteiger charge is -2.14. The first-order chi connectivity index (χ1) is 11.5. The van der Waals surface area contributed by atoms with Crippen molar-refractivity contribution in [3.8, 4) is 0 Å². The zero-order valence-corrected chi connectivity index (χ0v) is 14.9. The topological polar surface area (TPSA) is 98.3 Å². The molecule has 0 heterocycles. The van der Waals surface area contributed by atoms with Crippen molar-refractivity contribution >= 4 is 5.91 Å². The van der Waals surface area contributed by atoms with Crippen LogP contribution in [0.2, 0.25) is 0 Å². The van der Waals surface area contributed by atoms with Crippen LogP contribution in [0.25, 0.3) is 0 Å². The molecule has 0 aliphatic heterocycles. The molecule has 1 unspecified atom stereocenters. The molecule has 0 radical (unpaired) electrons. The lowest BCUT2D eigenvalue weighted by atomic mass is 9.93. The van der Waals surface area contributed by atoms with E-state index in [4.69, 9.17) is 5.73 Å². The Bertz CT molecular complexity index is 795. The minimum atomic E-state index is -1.34. The van der Waals surface area contributed by atoms with Gasteiger partial charge in [0.25, 0.3) is 11.4 Å². The lowest BCUT2D eigenvalue weighted by Crippen LogP contribution is -2.30. The van der Waals surface area contributed by atoms with Gasteiger partial charge in [-0.2, -0.15) is 0 Å². The van der Waals surface area contributed by atoms with E-state index in [1.54, 1.807) is 25.2 Å². The van der Waals surface area contributed by atoms with Crippen LogP contribution in [0, 0.1) is 15.5 Å². The first kappa shape index (κ1) is 18.4. The molecule has 2 aliphatic carbocycles. The van der Waals surface area contributed by atoms with Gasteiger partial charge in [-0.05, 0) is 42.9 Å². The number of hydrogen-bond donors (Lipinski definition) is 2. The number of carbonyl (C=O) groups excluding carboxylic acids is 1. The van der Waals surface area contributed by atoms with Gasteiger partial charge in [0.2, 0.25) is 0 Å². The van der Waals surface area contributed by atoms with E-state index in [9.17, 15) is 14.9 Å². The number of nitrogens with one attached hydrogen (secondary N) is 1. The molecular weight excluding hydrogens is 318 g/mol. The fourth-order valence-corrected chi connectivity index (χ4v) is 2.55. The van der Waals surface area contributed by atoms with Crippen molar-refractivity contribution in [2.75, 3.05) is 0 Å². The Morgan fingerprint density at radius 3 is 2.48 bits per heavy atom. The van der Waals surface area contributed by atoms with Gasteiger partial charge in [0, 0.05) is 22.8 Å². The fourth-order valence-electron chi connectivity index (χ4n) is 2.55. The Labute approximate surface area is 147 Å². The first-order valence-electron chi connectivity index (χ1n) is 7.97. The van der Waals surface area contributed by atoms with Crippen LogP contribution >= 0.6 is 0 Å². The number of nitro groups is 1. The largest absolute Gasteiger partial charge is 0.397 e. The summed E-state index contributed by atoms with van der Waals surface area (Å²) in [5.74, 6) is -0.360. The summed E-state index contributed by atoms with van der Waals surface area (Å²) >= 11 is 0. The van der Waals surface area contributed by atoms with E-state index >= 15 is 0 Å². The van der Waals surface area contributed by atoms with E-state index < -0.39 is 5.54 Å². The second-order valence-electron chi connectivity index (χ2n) is 7.06. The van der Waals surface area contributed by atoms with Crippen molar-refractivity contribution in [3.05, 3.63) is 81.3 Å². The smallest absolute Gasteiger partial charge is 0.256 e. The molecule has 6 heteroatoms. The van der Waals surface area contributed by atoms with Crippen molar-refractivity contribution in [1.82, 2.24) is 5.32 Å². The third-order valence-corrected chi connectivity index (χ3v) is 4.20. The van der Waals surface area contributed by atoms with Gasteiger partial charge in [0.1, 0.15) is 0 Å². The van der Waals surface area contributed by atoms with Crippen molar-refractivity contribution in [3.63, 3.8) is 0 Å². The van der Waals surface area contributed by atoms with Gasteiger partial charge in [-0.25, -0.2) is 0 Å². The molecule has 0 aromatic heterocycles. The van der Waals surface area contributed by atoms with E-state index in [0.29, 0.717) is 22.5 Å². The lowest BCUT2D eigenvalue weighted by molar-refractivity contribution is -0.535. The summed E-state index contributed by atoms with van der Waals surface area (Å²) in [6, 6.07) is 0. The standard InChI is InChI=1S/C19H23N3O3/c1-13-12-19(4,22(24)25)9-5-6-14(13)17(23)21-16-8-11-18(2,3)10-7-15(16)20/h5-12H,20H2,1-4H3,(H,21,23). The highest BCUT2D eigenvalue weighted by Gasteiger charge is 2.33. The molecule has 1 atom stereocenters. The van der Waals surface area contributed by atoms with E-state index in [1.807, 2.05) is 26.0 Å². The van der Waals surface area contributed by atoms with Crippen LogP contribution in [-0.4, -0.2) is 16.4 Å². The monoisotopic (exact) mass is 341 g/mol. The molecule has 2 aliphatic rings. The number of nitrogens with zero attached hydrogens (tertiary/aromatic N) is 1. The first-order valence-corrected chi connectivity index (χ1v) is 7.97. The minimum Gasteiger partial charge on any atom is -0.397 e. The van der Waals surface area contributed by atoms with Crippen molar-refractivity contribution in [2.45, 2.75) is 33.2 Å². The summed E-state index contributed by atoms with van der Waals surface area (Å²) in [7, 11) is 0. The summed E-state index contributed by atoms with van der Waals surface area (Å²) in [6.07, 6.45) is 13.5. The Kier molecular flexibility index (Phi) is 4.83. The zero-order chi connectivity index (χ0) is 18.8. The predicted molar refractivity (Wildman–Crippen MR) is 97.8 cm³/mol. The Hall–Kier alpha value is -2.89. The Balaban J connectivity index is 2.28. The van der Waals surface area contributed by atoms with Gasteiger partial charge in [-0.1, -0.05) is 32.1 Å². The van der Waals surface area contributed by atoms with Gasteiger partial charge >= 0.3 is 0 Å². The average Bonchev–Trinajstić information content (AvgIpc) is 2.74. The molecule has 3 N–H and O–H groups in total. The minimum absolute atomic E-state index is 0.162. The number of allylic oxidation sites excluding steroid dienone is 6. The van der Waals surface area contributed by atoms with Gasteiger partial charge in [-0.3, -0.25) is 14.9 Å². The Morgan fingerprint density at radius 1 is 1.20 bits per heavy atom. The highest BCUT2D eigenvalue weighted by molar-refractivity contribution is 5.99. The van der Waals surface area contributed by atoms with Crippen molar-refractivity contribution < 1.29 is 9.72 Å². The second kappa shape index (κ2) is 6.55. The van der Waals surface area contributed by atoms with Crippen molar-refractivity contribution in [1.29, 1.82) is 0 Å². The highest BCUT2D eigenvalue weighted by atomic mass is 16.6. The summed E-state index contributed by atoms with van der Waals surface area (Å²) in [6.45, 7) is 7.23. The van der Waals surface area contributed by atoms with Crippen LogP contribution in [0.4, 0.5) is 0 Å². The van der Waals surface area contributed by atoms with E-state index in [0.717, 1.165) is 0 Å². The second-order valence-corrected chi connectivity index (χ2v) is 7.06. The number of rotatable bonds is 3. The van der Waals surface area contributed by atoms with Gasteiger partial charge < -0.3 is 11.1 Å². The maximum atomic E-state index is 12.7. The summed E-state index contributed by atoms with van der Waals surface area (Å²) < 4.78 is 0. The number of hydrogen-bond acceptors (Lipinski definition) is 4. The SMILES string of the molecule is CC1=CC(C)([N+](=O)[O-])C=CC=C1C(=O)NC1=C(N)C=CC(C)(C)C=C1. The van der Waals surface area contributed by atoms with Crippen molar-refractivity contribution in [2.24, 2.45) is 11.1 Å². The van der Waals surface area contributed by atoms with Crippen LogP contribution in [0.3, 0.4) is 0 Å². The molecule has 132 valence electrons. The normalized spacial score (nSPS) is 25.0. The molecule has 0 saturated heterocycles. The van der Waals surface area contributed by atoms with Crippen LogP contribution in [0.5, 0.6) is 0 Å². The predicted octanol–water partition coefficient (Wildman–Crippen LogP) is 2.90. The Morgan fingerprint density at radius 2 is 1.84 bits per heavy atom. The van der Waals surface area contributed by atoms with Crippen LogP contribution in [0.15, 0.2) is 71.1 Å². The maximum Gasteiger partial charge on any atom is 0.256 e. The van der Waals surface area contributed by atoms with Gasteiger partial charge in [0.15, 0.2) is 0 Å². The zero-order valence-electron chi connectivity index (χ0n) is 14.9. The van der Waals surface area contributed by atoms with E-state index in [2.05, 4.69) is 5.32 Å². The molecule has 0 spiro atoms. The van der Waals surface area contributed by atoms with E-state index in [1.165, 1.54) is 25.2 Å². The fraction of sp³-hybridized carbons (Fsp3) is 0.316. The van der Waals surface area contributed by atoms with E-state index in [-0.39, 0.29) is 16.2 Å². The molecule has 6 nitrogen and oxygen atoms in total. The summed E-state index contributed by atoms with van der Waals surface area (Å²) in [4.78, 5) is 23.5. The third-order valence-electron chi connectivity index (χ3n) is 4.20. The molecule has 0 aromatic rings. The molecule has 2 rings (SSSR count). The highest BCUT2D eigenvalue weighted by Crippen LogP contribution is 2.25. The van der Waals surface area contributed by atoms with Gasteiger partial charge in [-0.15, -0.1) is 0 Å². The maximum absolute atomic E-state index is 12.7. The number of carbonyl (C=O) groups is 1. The molecule has 1 amide bonds. The molecule has 0 fully saturated rings. The number of amides is 1. The van der Waals surface area contributed by atoms with Crippen LogP contribution in [-0.2, 0) is 4.79 Å². The molecule has 0 aromatic carbocycles. The summed E-state index contributed by atoms with van der Waals surface area (Å²) in [5.41, 5.74) is 6.38. The van der Waals surface area contributed by atoms with Gasteiger partial charge in [0.05, 0.1) is 11.4 Å². The quantitative estimate of drug-likeness (QED) is 0.609. The van der Waals surface area contributed by atoms with Crippen LogP contribution in [0.1, 0.15) is 27.7 Å².